The van der Waals surface area contributed by atoms with Gasteiger partial charge in [0.15, 0.2) is 15.4 Å². The Hall–Kier alpha value is -2.37. The monoisotopic (exact) mass is 468 g/mol. The van der Waals surface area contributed by atoms with E-state index >= 15 is 0 Å². The summed E-state index contributed by atoms with van der Waals surface area (Å²) < 4.78 is 35.7. The third kappa shape index (κ3) is 5.86. The Kier molecular flexibility index (Phi) is 7.24. The summed E-state index contributed by atoms with van der Waals surface area (Å²) in [6, 6.07) is 5.55. The highest BCUT2D eigenvalue weighted by Gasteiger charge is 2.43. The fraction of sp³-hybridized carbons (Fsp3) is 0.450. The van der Waals surface area contributed by atoms with Crippen molar-refractivity contribution in [3.05, 3.63) is 40.4 Å². The molecule has 1 aromatic carbocycles. The van der Waals surface area contributed by atoms with Gasteiger partial charge in [0, 0.05) is 37.6 Å². The lowest BCUT2D eigenvalue weighted by Gasteiger charge is -2.37. The lowest BCUT2D eigenvalue weighted by Crippen LogP contribution is -2.57. The summed E-state index contributed by atoms with van der Waals surface area (Å²) in [5, 5.41) is 11.5. The number of amides is 3. The van der Waals surface area contributed by atoms with Crippen LogP contribution in [-0.2, 0) is 32.4 Å². The maximum absolute atomic E-state index is 12.8. The summed E-state index contributed by atoms with van der Waals surface area (Å²) in [4.78, 5) is 27.7. The first kappa shape index (κ1) is 24.9. The van der Waals surface area contributed by atoms with Gasteiger partial charge in [-0.25, -0.2) is 13.2 Å². The topological polar surface area (TPSA) is 134 Å². The van der Waals surface area contributed by atoms with Crippen LogP contribution >= 0.6 is 0 Å². The molecule has 0 saturated carbocycles. The van der Waals surface area contributed by atoms with Crippen molar-refractivity contribution in [2.45, 2.75) is 32.2 Å². The molecule has 0 aromatic heterocycles. The van der Waals surface area contributed by atoms with E-state index in [0.717, 1.165) is 11.2 Å². The smallest absolute Gasteiger partial charge is 0.332 e. The molecule has 1 fully saturated rings. The normalized spacial score (nSPS) is 18.4. The van der Waals surface area contributed by atoms with Crippen molar-refractivity contribution in [2.24, 2.45) is 5.41 Å². The zero-order chi connectivity index (χ0) is 23.7. The third-order valence-corrected chi connectivity index (χ3v) is 6.55. The van der Waals surface area contributed by atoms with E-state index in [1.54, 1.807) is 12.1 Å². The van der Waals surface area contributed by atoms with Crippen molar-refractivity contribution in [2.75, 3.05) is 26.1 Å². The van der Waals surface area contributed by atoms with Crippen LogP contribution in [0.25, 0.3) is 0 Å². The average Bonchev–Trinajstić information content (AvgIpc) is 2.65. The molecule has 1 aromatic rings. The number of hydrogen-bond acceptors (Lipinski definition) is 7. The Labute approximate surface area is 186 Å². The van der Waals surface area contributed by atoms with Crippen LogP contribution in [-0.4, -0.2) is 66.6 Å². The first-order valence-corrected chi connectivity index (χ1v) is 12.9. The van der Waals surface area contributed by atoms with Gasteiger partial charge < -0.3 is 9.87 Å². The van der Waals surface area contributed by atoms with Crippen molar-refractivity contribution in [1.82, 2.24) is 15.1 Å². The number of benzene rings is 1. The number of urea groups is 1. The molecule has 1 unspecified atom stereocenters. The number of likely N-dealkylation sites (N-methyl/N-ethyl adjacent to an activating group) is 1. The molecule has 2 rings (SSSR count). The van der Waals surface area contributed by atoms with Crippen molar-refractivity contribution >= 4 is 38.8 Å². The maximum Gasteiger partial charge on any atom is 0.332 e. The van der Waals surface area contributed by atoms with Crippen LogP contribution in [0.5, 0.6) is 0 Å². The van der Waals surface area contributed by atoms with E-state index in [-0.39, 0.29) is 39.8 Å². The summed E-state index contributed by atoms with van der Waals surface area (Å²) in [6.07, 6.45) is 2.50. The molecule has 1 atom stereocenters. The molecule has 1 aliphatic heterocycles. The molecule has 31 heavy (non-hydrogen) atoms. The molecule has 0 radical (unpaired) electrons. The van der Waals surface area contributed by atoms with Gasteiger partial charge in [0.2, 0.25) is 5.03 Å². The Bertz CT molecular complexity index is 1020. The summed E-state index contributed by atoms with van der Waals surface area (Å²) in [7, 11) is -2.00. The second-order valence-corrected chi connectivity index (χ2v) is 11.9. The van der Waals surface area contributed by atoms with Gasteiger partial charge in [-0.05, 0) is 23.1 Å². The second kappa shape index (κ2) is 9.01. The maximum atomic E-state index is 12.8. The number of imide groups is 1. The lowest BCUT2D eigenvalue weighted by atomic mass is 9.95. The highest BCUT2D eigenvalue weighted by atomic mass is 32.2. The molecule has 1 saturated heterocycles. The van der Waals surface area contributed by atoms with Gasteiger partial charge in [-0.3, -0.25) is 20.0 Å². The first-order valence-electron chi connectivity index (χ1n) is 9.42. The molecular weight excluding hydrogens is 440 g/mol. The Morgan fingerprint density at radius 1 is 1.19 bits per heavy atom. The van der Waals surface area contributed by atoms with E-state index in [1.165, 1.54) is 30.3 Å². The molecule has 11 heteroatoms. The minimum Gasteiger partial charge on any atom is -0.610 e. The third-order valence-electron chi connectivity index (χ3n) is 4.49. The molecule has 0 bridgehead atoms. The highest BCUT2D eigenvalue weighted by molar-refractivity contribution is 7.94. The van der Waals surface area contributed by atoms with Gasteiger partial charge >= 0.3 is 6.03 Å². The Morgan fingerprint density at radius 3 is 2.19 bits per heavy atom. The van der Waals surface area contributed by atoms with E-state index in [9.17, 15) is 22.6 Å². The summed E-state index contributed by atoms with van der Waals surface area (Å²) >= 11 is -1.65. The number of hydrogen-bond donors (Lipinski definition) is 2. The molecule has 0 aliphatic carbocycles. The number of nitrogens with zero attached hydrogens (tertiary/aromatic N) is 2. The minimum atomic E-state index is -3.32. The van der Waals surface area contributed by atoms with E-state index in [2.05, 4.69) is 5.32 Å². The van der Waals surface area contributed by atoms with Gasteiger partial charge in [0.05, 0.1) is 4.90 Å². The molecule has 1 heterocycles. The zero-order valence-electron chi connectivity index (χ0n) is 18.5. The van der Waals surface area contributed by atoms with Gasteiger partial charge in [-0.1, -0.05) is 32.9 Å². The van der Waals surface area contributed by atoms with Gasteiger partial charge in [-0.2, -0.15) is 0 Å². The van der Waals surface area contributed by atoms with E-state index in [4.69, 9.17) is 5.41 Å². The van der Waals surface area contributed by atoms with Crippen LogP contribution in [0, 0.1) is 10.8 Å². The van der Waals surface area contributed by atoms with E-state index < -0.39 is 33.0 Å². The summed E-state index contributed by atoms with van der Waals surface area (Å²) in [6.45, 7) is 6.09. The number of carbonyl (C=O) groups is 2. The molecule has 1 aliphatic rings. The summed E-state index contributed by atoms with van der Waals surface area (Å²) in [5.41, 5.74) is 0.246. The Morgan fingerprint density at radius 2 is 1.74 bits per heavy atom. The molecule has 0 spiro atoms. The summed E-state index contributed by atoms with van der Waals surface area (Å²) in [5.74, 6) is -1.00. The molecule has 170 valence electrons. The Balaban J connectivity index is 2.39. The standard InChI is InChI=1S/C20H28N4O5S2/c1-20(2,3)12-24-16(21)15(18(25)23(4)19(24)26)17(30(5)27)22-11-13-7-9-14(10-8-13)31(6,28)29/h7-10,21-22H,11-12H2,1-6H3/b17-15-,21-16?. The highest BCUT2D eigenvalue weighted by Crippen LogP contribution is 2.25. The number of amidine groups is 1. The number of nitrogens with one attached hydrogen (secondary N) is 2. The van der Waals surface area contributed by atoms with Crippen molar-refractivity contribution in [3.63, 3.8) is 0 Å². The minimum absolute atomic E-state index is 0.0421. The van der Waals surface area contributed by atoms with Gasteiger partial charge in [-0.15, -0.1) is 0 Å². The molecule has 2 N–H and O–H groups in total. The van der Waals surface area contributed by atoms with Crippen molar-refractivity contribution in [1.29, 1.82) is 5.41 Å². The lowest BCUT2D eigenvalue weighted by molar-refractivity contribution is -0.123. The fourth-order valence-corrected chi connectivity index (χ4v) is 4.34. The molecule has 9 nitrogen and oxygen atoms in total. The SMILES string of the molecule is CN1C(=O)/C(=C(/NCc2ccc(S(C)(=O)=O)cc2)[S+](C)[O-])C(=N)N(CC(C)(C)C)C1=O. The van der Waals surface area contributed by atoms with Crippen LogP contribution in [0.1, 0.15) is 26.3 Å². The van der Waals surface area contributed by atoms with Gasteiger partial charge in [0.25, 0.3) is 5.91 Å². The van der Waals surface area contributed by atoms with Crippen LogP contribution in [0.15, 0.2) is 39.8 Å². The largest absolute Gasteiger partial charge is 0.610 e. The van der Waals surface area contributed by atoms with Gasteiger partial charge in [0.1, 0.15) is 12.1 Å². The number of carbonyl (C=O) groups excluding carboxylic acids is 2. The second-order valence-electron chi connectivity index (χ2n) is 8.57. The van der Waals surface area contributed by atoms with E-state index in [0.29, 0.717) is 5.56 Å². The number of sulfone groups is 1. The molecular formula is C20H28N4O5S2. The number of rotatable bonds is 6. The van der Waals surface area contributed by atoms with Crippen molar-refractivity contribution in [3.8, 4) is 0 Å². The van der Waals surface area contributed by atoms with Crippen LogP contribution in [0.4, 0.5) is 4.79 Å². The quantitative estimate of drug-likeness (QED) is 0.482. The van der Waals surface area contributed by atoms with E-state index in [1.807, 2.05) is 20.8 Å². The predicted molar refractivity (Wildman–Crippen MR) is 120 cm³/mol. The first-order chi connectivity index (χ1) is 14.1. The van der Waals surface area contributed by atoms with Crippen molar-refractivity contribution < 1.29 is 22.6 Å². The average molecular weight is 469 g/mol. The van der Waals surface area contributed by atoms with Crippen LogP contribution < -0.4 is 5.32 Å². The predicted octanol–water partition coefficient (Wildman–Crippen LogP) is 1.69. The van der Waals surface area contributed by atoms with Crippen LogP contribution in [0.3, 0.4) is 0 Å². The van der Waals surface area contributed by atoms with Crippen LogP contribution in [0.2, 0.25) is 0 Å². The molecule has 3 amide bonds. The zero-order valence-corrected chi connectivity index (χ0v) is 20.1. The fourth-order valence-electron chi connectivity index (χ4n) is 2.96.